The van der Waals surface area contributed by atoms with Crippen LogP contribution in [-0.2, 0) is 13.0 Å². The van der Waals surface area contributed by atoms with Crippen molar-refractivity contribution in [2.75, 3.05) is 31.1 Å². The van der Waals surface area contributed by atoms with Gasteiger partial charge in [0, 0.05) is 40.8 Å². The number of rotatable bonds is 4. The van der Waals surface area contributed by atoms with Gasteiger partial charge < -0.3 is 9.88 Å². The van der Waals surface area contributed by atoms with E-state index < -0.39 is 12.6 Å². The fraction of sp³-hybridized carbons (Fsp3) is 0.423. The Morgan fingerprint density at radius 3 is 2.59 bits per heavy atom. The predicted molar refractivity (Wildman–Crippen MR) is 141 cm³/mol. The van der Waals surface area contributed by atoms with Gasteiger partial charge in [0.15, 0.2) is 0 Å². The summed E-state index contributed by atoms with van der Waals surface area (Å²) in [6.45, 7) is 6.78. The molecule has 0 radical (unpaired) electrons. The molecule has 0 bridgehead atoms. The molecule has 3 aromatic heterocycles. The van der Waals surface area contributed by atoms with Crippen molar-refractivity contribution in [1.82, 2.24) is 19.9 Å². The smallest absolute Gasteiger partial charge is 0.355 e. The van der Waals surface area contributed by atoms with Gasteiger partial charge in [0.1, 0.15) is 28.7 Å². The Kier molecular flexibility index (Phi) is 6.59. The summed E-state index contributed by atoms with van der Waals surface area (Å²) in [7, 11) is 0. The normalized spacial score (nSPS) is 17.6. The molecule has 11 heteroatoms. The first-order chi connectivity index (χ1) is 17.2. The van der Waals surface area contributed by atoms with Gasteiger partial charge in [-0.05, 0) is 62.2 Å². The topological polar surface area (TPSA) is 71.8 Å². The Morgan fingerprint density at radius 1 is 1.14 bits per heavy atom. The number of likely N-dealkylation sites (tertiary alicyclic amines) is 1. The Balaban J connectivity index is 0.00000280. The minimum Gasteiger partial charge on any atom is -0.355 e. The zero-order chi connectivity index (χ0) is 25.1. The van der Waals surface area contributed by atoms with Gasteiger partial charge in [-0.2, -0.15) is 18.4 Å². The van der Waals surface area contributed by atoms with Crippen molar-refractivity contribution >= 4 is 50.7 Å². The van der Waals surface area contributed by atoms with Crippen LogP contribution in [-0.4, -0.2) is 52.2 Å². The Labute approximate surface area is 222 Å². The zero-order valence-corrected chi connectivity index (χ0v) is 21.9. The van der Waals surface area contributed by atoms with Crippen molar-refractivity contribution in [2.45, 2.75) is 38.9 Å². The van der Waals surface area contributed by atoms with Gasteiger partial charge in [-0.15, -0.1) is 23.7 Å². The lowest BCUT2D eigenvalue weighted by Gasteiger charge is -2.54. The lowest BCUT2D eigenvalue weighted by atomic mass is 9.72. The summed E-state index contributed by atoms with van der Waals surface area (Å²) < 4.78 is 38.6. The monoisotopic (exact) mass is 546 g/mol. The van der Waals surface area contributed by atoms with Crippen LogP contribution in [0.4, 0.5) is 19.0 Å². The second-order valence-electron chi connectivity index (χ2n) is 10.2. The van der Waals surface area contributed by atoms with E-state index in [4.69, 9.17) is 0 Å². The van der Waals surface area contributed by atoms with Gasteiger partial charge in [-0.1, -0.05) is 6.07 Å². The molecule has 0 atom stereocenters. The van der Waals surface area contributed by atoms with E-state index in [1.165, 1.54) is 17.5 Å². The van der Waals surface area contributed by atoms with Gasteiger partial charge in [0.2, 0.25) is 0 Å². The standard InChI is InChI=1S/C26H25F3N6S.ClH/c1-16-17(2-3-22-20(16)8-18(11-30)33-22)12-34-6-4-25(5-7-34)13-35(14-25)23-21-9-19(10-26(27,28)29)36-24(21)32-15-31-23;/h2-3,8-9,15,33H,4-7,10,12-14H2,1H3;1H. The maximum atomic E-state index is 12.9. The Bertz CT molecular complexity index is 1490. The molecule has 0 amide bonds. The van der Waals surface area contributed by atoms with Crippen molar-refractivity contribution in [2.24, 2.45) is 5.41 Å². The van der Waals surface area contributed by atoms with Gasteiger partial charge in [-0.25, -0.2) is 9.97 Å². The summed E-state index contributed by atoms with van der Waals surface area (Å²) in [5.41, 5.74) is 4.32. The Hall–Kier alpha value is -2.87. The van der Waals surface area contributed by atoms with E-state index >= 15 is 0 Å². The van der Waals surface area contributed by atoms with Crippen LogP contribution in [0.1, 0.15) is 34.5 Å². The Morgan fingerprint density at radius 2 is 1.89 bits per heavy atom. The number of benzene rings is 1. The summed E-state index contributed by atoms with van der Waals surface area (Å²) in [5.74, 6) is 0.755. The van der Waals surface area contributed by atoms with E-state index in [0.717, 1.165) is 79.0 Å². The summed E-state index contributed by atoms with van der Waals surface area (Å²) in [6, 6.07) is 9.92. The van der Waals surface area contributed by atoms with Crippen LogP contribution in [0.25, 0.3) is 21.1 Å². The highest BCUT2D eigenvalue weighted by atomic mass is 35.5. The second-order valence-corrected chi connectivity index (χ2v) is 11.3. The lowest BCUT2D eigenvalue weighted by Crippen LogP contribution is -2.60. The lowest BCUT2D eigenvalue weighted by molar-refractivity contribution is -0.126. The van der Waals surface area contributed by atoms with E-state index in [-0.39, 0.29) is 22.7 Å². The van der Waals surface area contributed by atoms with E-state index in [1.54, 1.807) is 6.07 Å². The van der Waals surface area contributed by atoms with Crippen molar-refractivity contribution in [1.29, 1.82) is 5.26 Å². The molecule has 2 aliphatic rings. The average Bonchev–Trinajstić information content (AvgIpc) is 3.42. The van der Waals surface area contributed by atoms with Gasteiger partial charge in [0.05, 0.1) is 11.8 Å². The molecular weight excluding hydrogens is 521 g/mol. The first-order valence-corrected chi connectivity index (χ1v) is 12.8. The molecule has 2 saturated heterocycles. The van der Waals surface area contributed by atoms with Crippen LogP contribution in [0.15, 0.2) is 30.6 Å². The number of hydrogen-bond donors (Lipinski definition) is 1. The van der Waals surface area contributed by atoms with Crippen LogP contribution in [0.3, 0.4) is 0 Å². The van der Waals surface area contributed by atoms with E-state index in [2.05, 4.69) is 49.9 Å². The SMILES string of the molecule is Cc1c(CN2CCC3(CC2)CN(c2ncnc4sc(CC(F)(F)F)cc24)C3)ccc2[nH]c(C#N)cc12.Cl. The molecule has 0 aliphatic carbocycles. The summed E-state index contributed by atoms with van der Waals surface area (Å²) >= 11 is 1.10. The third-order valence-corrected chi connectivity index (χ3v) is 8.75. The van der Waals surface area contributed by atoms with Crippen molar-refractivity contribution in [3.8, 4) is 6.07 Å². The van der Waals surface area contributed by atoms with E-state index in [9.17, 15) is 18.4 Å². The first-order valence-electron chi connectivity index (χ1n) is 12.0. The van der Waals surface area contributed by atoms with Gasteiger partial charge >= 0.3 is 6.18 Å². The minimum atomic E-state index is -4.23. The number of alkyl halides is 3. The van der Waals surface area contributed by atoms with Crippen LogP contribution in [0.2, 0.25) is 0 Å². The molecule has 2 aliphatic heterocycles. The molecule has 1 spiro atoms. The number of fused-ring (bicyclic) bond motifs is 2. The van der Waals surface area contributed by atoms with Crippen molar-refractivity contribution in [3.63, 3.8) is 0 Å². The summed E-state index contributed by atoms with van der Waals surface area (Å²) in [6.07, 6.45) is -1.52. The second kappa shape index (κ2) is 9.46. The van der Waals surface area contributed by atoms with Gasteiger partial charge in [0.25, 0.3) is 0 Å². The quantitative estimate of drug-likeness (QED) is 0.341. The number of nitrogens with one attached hydrogen (secondary N) is 1. The molecule has 0 unspecified atom stereocenters. The number of thiophene rings is 1. The number of aromatic amines is 1. The van der Waals surface area contributed by atoms with Gasteiger partial charge in [-0.3, -0.25) is 4.90 Å². The molecule has 1 N–H and O–H groups in total. The summed E-state index contributed by atoms with van der Waals surface area (Å²) in [5, 5.41) is 11.0. The highest BCUT2D eigenvalue weighted by molar-refractivity contribution is 7.18. The molecule has 37 heavy (non-hydrogen) atoms. The molecule has 6 nitrogen and oxygen atoms in total. The van der Waals surface area contributed by atoms with Crippen molar-refractivity contribution < 1.29 is 13.2 Å². The van der Waals surface area contributed by atoms with Crippen LogP contribution >= 0.6 is 23.7 Å². The fourth-order valence-corrected chi connectivity index (χ4v) is 6.73. The summed E-state index contributed by atoms with van der Waals surface area (Å²) in [4.78, 5) is 17.4. The number of halogens is 4. The molecule has 0 saturated carbocycles. The van der Waals surface area contributed by atoms with Crippen LogP contribution in [0, 0.1) is 23.7 Å². The predicted octanol–water partition coefficient (Wildman–Crippen LogP) is 5.98. The number of aromatic nitrogens is 3. The first kappa shape index (κ1) is 25.8. The third kappa shape index (κ3) is 4.88. The number of nitrogens with zero attached hydrogens (tertiary/aromatic N) is 5. The maximum Gasteiger partial charge on any atom is 0.393 e. The molecule has 2 fully saturated rings. The molecule has 194 valence electrons. The fourth-order valence-electron chi connectivity index (χ4n) is 5.71. The number of hydrogen-bond acceptors (Lipinski definition) is 6. The average molecular weight is 547 g/mol. The molecule has 1 aromatic carbocycles. The number of nitriles is 1. The molecule has 4 aromatic rings. The molecular formula is C26H26ClF3N6S. The largest absolute Gasteiger partial charge is 0.393 e. The highest BCUT2D eigenvalue weighted by Gasteiger charge is 2.45. The molecule has 5 heterocycles. The number of piperidine rings is 1. The minimum absolute atomic E-state index is 0. The van der Waals surface area contributed by atoms with Crippen LogP contribution < -0.4 is 4.90 Å². The number of aryl methyl sites for hydroxylation is 1. The van der Waals surface area contributed by atoms with Crippen LogP contribution in [0.5, 0.6) is 0 Å². The zero-order valence-electron chi connectivity index (χ0n) is 20.2. The highest BCUT2D eigenvalue weighted by Crippen LogP contribution is 2.44. The van der Waals surface area contributed by atoms with E-state index in [1.807, 2.05) is 6.07 Å². The number of anilines is 1. The number of H-pyrrole nitrogens is 1. The molecule has 6 rings (SSSR count). The third-order valence-electron chi connectivity index (χ3n) is 7.70. The van der Waals surface area contributed by atoms with E-state index in [0.29, 0.717) is 10.5 Å². The van der Waals surface area contributed by atoms with Crippen molar-refractivity contribution in [3.05, 3.63) is 52.3 Å². The maximum absolute atomic E-state index is 12.9.